The van der Waals surface area contributed by atoms with Gasteiger partial charge in [0.15, 0.2) is 5.13 Å². The lowest BCUT2D eigenvalue weighted by molar-refractivity contribution is -0.114. The molecule has 1 amide bonds. The molecule has 0 bridgehead atoms. The molecule has 1 aromatic heterocycles. The topological polar surface area (TPSA) is 81.0 Å². The summed E-state index contributed by atoms with van der Waals surface area (Å²) in [4.78, 5) is 19.0. The van der Waals surface area contributed by atoms with Crippen LogP contribution in [0.1, 0.15) is 31.0 Å². The molecule has 3 rings (SSSR count). The third-order valence-electron chi connectivity index (χ3n) is 4.53. The van der Waals surface area contributed by atoms with Crippen LogP contribution in [0.5, 0.6) is 0 Å². The number of thiazole rings is 1. The first-order chi connectivity index (χ1) is 12.6. The van der Waals surface area contributed by atoms with Crippen molar-refractivity contribution < 1.29 is 4.79 Å². The van der Waals surface area contributed by atoms with Gasteiger partial charge in [0.05, 0.1) is 23.9 Å². The second kappa shape index (κ2) is 8.79. The molecule has 0 saturated carbocycles. The number of nitrogens with one attached hydrogen (secondary N) is 2. The van der Waals surface area contributed by atoms with Crippen LogP contribution in [0.15, 0.2) is 29.6 Å². The summed E-state index contributed by atoms with van der Waals surface area (Å²) < 4.78 is 0. The summed E-state index contributed by atoms with van der Waals surface area (Å²) in [6.07, 6.45) is 2.49. The van der Waals surface area contributed by atoms with E-state index in [-0.39, 0.29) is 12.5 Å². The van der Waals surface area contributed by atoms with Crippen molar-refractivity contribution in [3.05, 3.63) is 40.9 Å². The number of amides is 1. The van der Waals surface area contributed by atoms with Crippen molar-refractivity contribution in [3.8, 4) is 6.07 Å². The molecule has 0 unspecified atom stereocenters. The average Bonchev–Trinajstić information content (AvgIpc) is 3.09. The molecule has 1 aliphatic rings. The van der Waals surface area contributed by atoms with Gasteiger partial charge in [0.25, 0.3) is 0 Å². The summed E-state index contributed by atoms with van der Waals surface area (Å²) >= 11 is 1.46. The number of anilines is 2. The lowest BCUT2D eigenvalue weighted by atomic mass is 9.99. The number of rotatable bonds is 6. The van der Waals surface area contributed by atoms with Crippen LogP contribution in [-0.4, -0.2) is 35.4 Å². The maximum Gasteiger partial charge on any atom is 0.245 e. The highest BCUT2D eigenvalue weighted by molar-refractivity contribution is 7.13. The Balaban J connectivity index is 1.44. The largest absolute Gasteiger partial charge is 0.376 e. The Morgan fingerprint density at radius 3 is 2.77 bits per heavy atom. The lowest BCUT2D eigenvalue weighted by Gasteiger charge is -2.29. The summed E-state index contributed by atoms with van der Waals surface area (Å²) in [5, 5.41) is 17.3. The Labute approximate surface area is 157 Å². The molecule has 26 heavy (non-hydrogen) atoms. The van der Waals surface area contributed by atoms with Crippen LogP contribution in [0.2, 0.25) is 0 Å². The smallest absolute Gasteiger partial charge is 0.245 e. The van der Waals surface area contributed by atoms with Gasteiger partial charge in [0, 0.05) is 17.6 Å². The fraction of sp³-hybridized carbons (Fsp3) is 0.421. The Morgan fingerprint density at radius 2 is 2.08 bits per heavy atom. The predicted molar refractivity (Wildman–Crippen MR) is 104 cm³/mol. The van der Waals surface area contributed by atoms with E-state index in [4.69, 9.17) is 5.26 Å². The first kappa shape index (κ1) is 18.4. The van der Waals surface area contributed by atoms with Crippen molar-refractivity contribution >= 4 is 28.1 Å². The van der Waals surface area contributed by atoms with Crippen molar-refractivity contribution in [1.82, 2.24) is 9.88 Å². The summed E-state index contributed by atoms with van der Waals surface area (Å²) in [5.41, 5.74) is 2.41. The molecule has 2 aromatic rings. The molecule has 2 heterocycles. The predicted octanol–water partition coefficient (Wildman–Crippen LogP) is 3.30. The van der Waals surface area contributed by atoms with Crippen LogP contribution in [-0.2, 0) is 11.3 Å². The number of nitrogens with zero attached hydrogens (tertiary/aromatic N) is 3. The van der Waals surface area contributed by atoms with Crippen molar-refractivity contribution in [2.45, 2.75) is 26.3 Å². The van der Waals surface area contributed by atoms with Crippen molar-refractivity contribution in [1.29, 1.82) is 5.26 Å². The number of carbonyl (C=O) groups is 1. The zero-order valence-corrected chi connectivity index (χ0v) is 15.7. The second-order valence-corrected chi connectivity index (χ2v) is 7.55. The quantitative estimate of drug-likeness (QED) is 0.816. The van der Waals surface area contributed by atoms with Crippen LogP contribution in [0.3, 0.4) is 0 Å². The number of hydrogen-bond acceptors (Lipinski definition) is 6. The third-order valence-corrected chi connectivity index (χ3v) is 5.33. The molecular formula is C19H23N5OS. The molecule has 1 aromatic carbocycles. The monoisotopic (exact) mass is 369 g/mol. The van der Waals surface area contributed by atoms with Crippen molar-refractivity contribution in [2.75, 3.05) is 30.3 Å². The molecule has 1 aliphatic heterocycles. The molecule has 0 spiro atoms. The van der Waals surface area contributed by atoms with E-state index in [0.29, 0.717) is 10.7 Å². The molecular weight excluding hydrogens is 346 g/mol. The van der Waals surface area contributed by atoms with E-state index in [0.717, 1.165) is 36.9 Å². The first-order valence-corrected chi connectivity index (χ1v) is 9.71. The number of nitriles is 1. The minimum Gasteiger partial charge on any atom is -0.376 e. The highest BCUT2D eigenvalue weighted by atomic mass is 32.1. The van der Waals surface area contributed by atoms with E-state index in [2.05, 4.69) is 33.5 Å². The molecule has 7 heteroatoms. The van der Waals surface area contributed by atoms with Crippen LogP contribution in [0.25, 0.3) is 0 Å². The van der Waals surface area contributed by atoms with Gasteiger partial charge >= 0.3 is 0 Å². The lowest BCUT2D eigenvalue weighted by Crippen LogP contribution is -2.32. The Kier molecular flexibility index (Phi) is 6.21. The Bertz CT molecular complexity index is 772. The van der Waals surface area contributed by atoms with Crippen molar-refractivity contribution in [3.63, 3.8) is 0 Å². The van der Waals surface area contributed by atoms with Gasteiger partial charge in [-0.25, -0.2) is 4.98 Å². The zero-order chi connectivity index (χ0) is 18.4. The Hall–Kier alpha value is -2.43. The van der Waals surface area contributed by atoms with Gasteiger partial charge in [-0.1, -0.05) is 6.92 Å². The van der Waals surface area contributed by atoms with E-state index < -0.39 is 0 Å². The summed E-state index contributed by atoms with van der Waals surface area (Å²) in [6.45, 7) is 5.55. The van der Waals surface area contributed by atoms with E-state index in [1.807, 2.05) is 5.38 Å². The fourth-order valence-electron chi connectivity index (χ4n) is 2.89. The molecule has 0 atom stereocenters. The SMILES string of the molecule is CC1CCN(Cc2csc(NC(=O)CNc3ccc(C#N)cc3)n2)CC1. The van der Waals surface area contributed by atoms with Gasteiger partial charge in [-0.05, 0) is 56.1 Å². The van der Waals surface area contributed by atoms with Gasteiger partial charge in [-0.3, -0.25) is 9.69 Å². The van der Waals surface area contributed by atoms with Crippen molar-refractivity contribution in [2.24, 2.45) is 5.92 Å². The summed E-state index contributed by atoms with van der Waals surface area (Å²) in [5.74, 6) is 0.683. The molecule has 0 aliphatic carbocycles. The van der Waals surface area contributed by atoms with E-state index in [1.165, 1.54) is 24.2 Å². The summed E-state index contributed by atoms with van der Waals surface area (Å²) in [6, 6.07) is 9.07. The highest BCUT2D eigenvalue weighted by Gasteiger charge is 2.17. The van der Waals surface area contributed by atoms with Crippen LogP contribution >= 0.6 is 11.3 Å². The van der Waals surface area contributed by atoms with E-state index >= 15 is 0 Å². The molecule has 0 radical (unpaired) electrons. The molecule has 136 valence electrons. The van der Waals surface area contributed by atoms with Gasteiger partial charge in [0.1, 0.15) is 0 Å². The average molecular weight is 369 g/mol. The standard InChI is InChI=1S/C19H23N5OS/c1-14-6-8-24(9-7-14)12-17-13-26-19(22-17)23-18(25)11-21-16-4-2-15(10-20)3-5-16/h2-5,13-14,21H,6-9,11-12H2,1H3,(H,22,23,25). The maximum atomic E-state index is 12.1. The molecule has 2 N–H and O–H groups in total. The van der Waals surface area contributed by atoms with E-state index in [9.17, 15) is 4.79 Å². The van der Waals surface area contributed by atoms with Gasteiger partial charge in [-0.2, -0.15) is 5.26 Å². The van der Waals surface area contributed by atoms with Gasteiger partial charge in [0.2, 0.25) is 5.91 Å². The van der Waals surface area contributed by atoms with Crippen LogP contribution in [0.4, 0.5) is 10.8 Å². The normalized spacial score (nSPS) is 15.4. The number of aromatic nitrogens is 1. The number of hydrogen-bond donors (Lipinski definition) is 2. The zero-order valence-electron chi connectivity index (χ0n) is 14.9. The molecule has 6 nitrogen and oxygen atoms in total. The Morgan fingerprint density at radius 1 is 1.35 bits per heavy atom. The van der Waals surface area contributed by atoms with Gasteiger partial charge in [-0.15, -0.1) is 11.3 Å². The number of benzene rings is 1. The second-order valence-electron chi connectivity index (χ2n) is 6.69. The minimum absolute atomic E-state index is 0.137. The van der Waals surface area contributed by atoms with Crippen LogP contribution in [0, 0.1) is 17.2 Å². The van der Waals surface area contributed by atoms with E-state index in [1.54, 1.807) is 24.3 Å². The van der Waals surface area contributed by atoms with Gasteiger partial charge < -0.3 is 10.6 Å². The van der Waals surface area contributed by atoms with Crippen LogP contribution < -0.4 is 10.6 Å². The summed E-state index contributed by atoms with van der Waals surface area (Å²) in [7, 11) is 0. The molecule has 1 saturated heterocycles. The highest BCUT2D eigenvalue weighted by Crippen LogP contribution is 2.21. The third kappa shape index (κ3) is 5.28. The minimum atomic E-state index is -0.137. The molecule has 1 fully saturated rings. The first-order valence-electron chi connectivity index (χ1n) is 8.83. The number of likely N-dealkylation sites (tertiary alicyclic amines) is 1. The number of piperidine rings is 1. The number of carbonyl (C=O) groups excluding carboxylic acids is 1. The maximum absolute atomic E-state index is 12.1. The fourth-order valence-corrected chi connectivity index (χ4v) is 3.61.